The highest BCUT2D eigenvalue weighted by Gasteiger charge is 2.40. The van der Waals surface area contributed by atoms with E-state index in [0.717, 1.165) is 45.1 Å². The van der Waals surface area contributed by atoms with Gasteiger partial charge in [-0.2, -0.15) is 0 Å². The summed E-state index contributed by atoms with van der Waals surface area (Å²) in [6.07, 6.45) is 6.03. The van der Waals surface area contributed by atoms with Gasteiger partial charge in [-0.25, -0.2) is 4.79 Å². The molecule has 2 rings (SSSR count). The number of ether oxygens (including phenoxy) is 1. The second-order valence-electron chi connectivity index (χ2n) is 7.71. The van der Waals surface area contributed by atoms with Crippen LogP contribution < -0.4 is 5.32 Å². The van der Waals surface area contributed by atoms with E-state index in [1.807, 2.05) is 25.7 Å². The second kappa shape index (κ2) is 7.51. The third-order valence-electron chi connectivity index (χ3n) is 4.76. The molecule has 132 valence electrons. The number of hydrogen-bond donors (Lipinski definition) is 2. The summed E-state index contributed by atoms with van der Waals surface area (Å²) in [7, 11) is 0. The Hall–Kier alpha value is -1.30. The van der Waals surface area contributed by atoms with Crippen molar-refractivity contribution < 1.29 is 19.4 Å². The molecule has 1 saturated heterocycles. The van der Waals surface area contributed by atoms with Crippen LogP contribution in [0.15, 0.2) is 0 Å². The topological polar surface area (TPSA) is 78.9 Å². The largest absolute Gasteiger partial charge is 0.480 e. The maximum absolute atomic E-state index is 12.5. The lowest BCUT2D eigenvalue weighted by Crippen LogP contribution is -2.51. The first-order chi connectivity index (χ1) is 10.8. The molecule has 2 aliphatic rings. The van der Waals surface area contributed by atoms with Gasteiger partial charge in [-0.3, -0.25) is 4.79 Å². The summed E-state index contributed by atoms with van der Waals surface area (Å²) in [5.74, 6) is -0.511. The molecule has 1 aliphatic carbocycles. The molecule has 2 fully saturated rings. The van der Waals surface area contributed by atoms with Crippen LogP contribution in [0.4, 0.5) is 4.79 Å². The average Bonchev–Trinajstić information content (AvgIpc) is 2.93. The number of hydrogen-bond acceptors (Lipinski definition) is 4. The van der Waals surface area contributed by atoms with Crippen molar-refractivity contribution in [3.8, 4) is 0 Å². The summed E-state index contributed by atoms with van der Waals surface area (Å²) in [5.41, 5.74) is -0.488. The number of carbonyl (C=O) groups is 2. The van der Waals surface area contributed by atoms with Crippen LogP contribution in [0, 0.1) is 5.92 Å². The number of aliphatic carboxylic acids is 1. The number of nitrogens with zero attached hydrogens (tertiary/aromatic N) is 1. The van der Waals surface area contributed by atoms with Crippen LogP contribution in [0.3, 0.4) is 0 Å². The van der Waals surface area contributed by atoms with E-state index in [0.29, 0.717) is 5.92 Å². The van der Waals surface area contributed by atoms with Gasteiger partial charge < -0.3 is 20.1 Å². The van der Waals surface area contributed by atoms with Gasteiger partial charge in [0.05, 0.1) is 6.54 Å². The van der Waals surface area contributed by atoms with Crippen LogP contribution in [-0.2, 0) is 9.53 Å². The lowest BCUT2D eigenvalue weighted by atomic mass is 9.79. The molecule has 1 heterocycles. The van der Waals surface area contributed by atoms with Gasteiger partial charge in [-0.05, 0) is 52.4 Å². The molecule has 2 N–H and O–H groups in total. The monoisotopic (exact) mass is 326 g/mol. The SMILES string of the molecule is CC(C)(C)OC(=O)N1CCCC1C1CCCCC1NCC(=O)O. The van der Waals surface area contributed by atoms with Gasteiger partial charge in [-0.1, -0.05) is 12.8 Å². The van der Waals surface area contributed by atoms with Crippen LogP contribution in [0.25, 0.3) is 0 Å². The molecule has 1 amide bonds. The minimum atomic E-state index is -0.829. The van der Waals surface area contributed by atoms with E-state index in [1.54, 1.807) is 0 Å². The third kappa shape index (κ3) is 5.09. The first-order valence-electron chi connectivity index (χ1n) is 8.73. The number of carbonyl (C=O) groups excluding carboxylic acids is 1. The molecule has 0 spiro atoms. The van der Waals surface area contributed by atoms with Gasteiger partial charge >= 0.3 is 12.1 Å². The van der Waals surface area contributed by atoms with E-state index >= 15 is 0 Å². The molecular formula is C17H30N2O4. The van der Waals surface area contributed by atoms with Crippen molar-refractivity contribution in [2.75, 3.05) is 13.1 Å². The highest BCUT2D eigenvalue weighted by atomic mass is 16.6. The number of carboxylic acids is 1. The smallest absolute Gasteiger partial charge is 0.410 e. The summed E-state index contributed by atoms with van der Waals surface area (Å²) in [5, 5.41) is 12.1. The Labute approximate surface area is 138 Å². The van der Waals surface area contributed by atoms with Gasteiger partial charge in [-0.15, -0.1) is 0 Å². The summed E-state index contributed by atoms with van der Waals surface area (Å²) in [6, 6.07) is 0.337. The predicted molar refractivity (Wildman–Crippen MR) is 87.3 cm³/mol. The molecule has 6 nitrogen and oxygen atoms in total. The number of amides is 1. The first kappa shape index (κ1) is 18.0. The summed E-state index contributed by atoms with van der Waals surface area (Å²) < 4.78 is 5.55. The Kier molecular flexibility index (Phi) is 5.89. The fraction of sp³-hybridized carbons (Fsp3) is 0.882. The number of carboxylic acid groups (broad SMARTS) is 1. The highest BCUT2D eigenvalue weighted by Crippen LogP contribution is 2.35. The fourth-order valence-corrected chi connectivity index (χ4v) is 3.88. The maximum Gasteiger partial charge on any atom is 0.410 e. The van der Waals surface area contributed by atoms with Crippen LogP contribution in [-0.4, -0.2) is 52.8 Å². The van der Waals surface area contributed by atoms with Crippen molar-refractivity contribution in [2.45, 2.75) is 77.0 Å². The summed E-state index contributed by atoms with van der Waals surface area (Å²) in [4.78, 5) is 25.2. The zero-order valence-electron chi connectivity index (χ0n) is 14.5. The Morgan fingerprint density at radius 3 is 2.52 bits per heavy atom. The molecule has 0 aromatic heterocycles. The van der Waals surface area contributed by atoms with Crippen LogP contribution >= 0.6 is 0 Å². The van der Waals surface area contributed by atoms with Gasteiger partial charge in [0.2, 0.25) is 0 Å². The van der Waals surface area contributed by atoms with Crippen molar-refractivity contribution in [1.29, 1.82) is 0 Å². The molecule has 23 heavy (non-hydrogen) atoms. The predicted octanol–water partition coefficient (Wildman–Crippen LogP) is 2.62. The molecule has 0 radical (unpaired) electrons. The molecule has 3 unspecified atom stereocenters. The minimum absolute atomic E-state index is 0.0136. The van der Waals surface area contributed by atoms with E-state index in [1.165, 1.54) is 0 Å². The number of rotatable bonds is 4. The first-order valence-corrected chi connectivity index (χ1v) is 8.73. The molecule has 0 bridgehead atoms. The molecule has 6 heteroatoms. The zero-order chi connectivity index (χ0) is 17.0. The lowest BCUT2D eigenvalue weighted by molar-refractivity contribution is -0.136. The quantitative estimate of drug-likeness (QED) is 0.830. The zero-order valence-corrected chi connectivity index (χ0v) is 14.5. The number of likely N-dealkylation sites (tertiary alicyclic amines) is 1. The standard InChI is InChI=1S/C17H30N2O4/c1-17(2,3)23-16(22)19-10-6-9-14(19)12-7-4-5-8-13(12)18-11-15(20)21/h12-14,18H,4-11H2,1-3H3,(H,20,21). The molecule has 0 aromatic rings. The Morgan fingerprint density at radius 1 is 1.17 bits per heavy atom. The van der Waals surface area contributed by atoms with E-state index < -0.39 is 11.6 Å². The summed E-state index contributed by atoms with van der Waals surface area (Å²) >= 11 is 0. The normalized spacial score (nSPS) is 28.7. The second-order valence-corrected chi connectivity index (χ2v) is 7.71. The van der Waals surface area contributed by atoms with Crippen LogP contribution in [0.2, 0.25) is 0 Å². The van der Waals surface area contributed by atoms with Crippen molar-refractivity contribution in [2.24, 2.45) is 5.92 Å². The average molecular weight is 326 g/mol. The van der Waals surface area contributed by atoms with Crippen molar-refractivity contribution >= 4 is 12.1 Å². The maximum atomic E-state index is 12.5. The van der Waals surface area contributed by atoms with Gasteiger partial charge in [0.1, 0.15) is 5.60 Å². The summed E-state index contributed by atoms with van der Waals surface area (Å²) in [6.45, 7) is 6.37. The molecular weight excluding hydrogens is 296 g/mol. The molecule has 1 aliphatic heterocycles. The van der Waals surface area contributed by atoms with Gasteiger partial charge in [0.25, 0.3) is 0 Å². The highest BCUT2D eigenvalue weighted by molar-refractivity contribution is 5.69. The van der Waals surface area contributed by atoms with E-state index in [4.69, 9.17) is 9.84 Å². The van der Waals surface area contributed by atoms with Crippen molar-refractivity contribution in [3.63, 3.8) is 0 Å². The lowest BCUT2D eigenvalue weighted by Gasteiger charge is -2.40. The third-order valence-corrected chi connectivity index (χ3v) is 4.76. The van der Waals surface area contributed by atoms with E-state index in [2.05, 4.69) is 5.32 Å². The van der Waals surface area contributed by atoms with Crippen molar-refractivity contribution in [1.82, 2.24) is 10.2 Å². The van der Waals surface area contributed by atoms with E-state index in [-0.39, 0.29) is 24.7 Å². The number of nitrogens with one attached hydrogen (secondary N) is 1. The van der Waals surface area contributed by atoms with Crippen molar-refractivity contribution in [3.05, 3.63) is 0 Å². The molecule has 0 aromatic carbocycles. The Bertz CT molecular complexity index is 433. The van der Waals surface area contributed by atoms with E-state index in [9.17, 15) is 9.59 Å². The minimum Gasteiger partial charge on any atom is -0.480 e. The van der Waals surface area contributed by atoms with Crippen LogP contribution in [0.1, 0.15) is 59.3 Å². The molecule has 3 atom stereocenters. The Balaban J connectivity index is 2.03. The fourth-order valence-electron chi connectivity index (χ4n) is 3.88. The van der Waals surface area contributed by atoms with Gasteiger partial charge in [0, 0.05) is 18.6 Å². The van der Waals surface area contributed by atoms with Crippen LogP contribution in [0.5, 0.6) is 0 Å². The molecule has 1 saturated carbocycles. The van der Waals surface area contributed by atoms with Gasteiger partial charge in [0.15, 0.2) is 0 Å². The Morgan fingerprint density at radius 2 is 1.87 bits per heavy atom.